The number of hydrogen-bond acceptors (Lipinski definition) is 4. The van der Waals surface area contributed by atoms with Gasteiger partial charge in [-0.3, -0.25) is 4.98 Å². The molecule has 2 aromatic rings. The van der Waals surface area contributed by atoms with Crippen molar-refractivity contribution in [2.75, 3.05) is 17.2 Å². The van der Waals surface area contributed by atoms with Crippen LogP contribution >= 0.6 is 34.2 Å². The number of hydrogen-bond donors (Lipinski definition) is 2. The monoisotopic (exact) mass is 374 g/mol. The summed E-state index contributed by atoms with van der Waals surface area (Å²) in [5.41, 5.74) is 0.819. The van der Waals surface area contributed by atoms with Gasteiger partial charge in [0.15, 0.2) is 5.82 Å². The Morgan fingerprint density at radius 3 is 2.78 bits per heavy atom. The van der Waals surface area contributed by atoms with Crippen LogP contribution < -0.4 is 10.6 Å². The summed E-state index contributed by atoms with van der Waals surface area (Å²) in [6.45, 7) is 2.82. The van der Waals surface area contributed by atoms with Gasteiger partial charge in [0.2, 0.25) is 0 Å². The Hall–Kier alpha value is -1.08. The third-order valence-corrected chi connectivity index (χ3v) is 3.17. The van der Waals surface area contributed by atoms with Gasteiger partial charge < -0.3 is 10.6 Å². The van der Waals surface area contributed by atoms with Gasteiger partial charge in [-0.1, -0.05) is 11.6 Å². The lowest BCUT2D eigenvalue weighted by atomic mass is 10.3. The van der Waals surface area contributed by atoms with Crippen LogP contribution in [0.5, 0.6) is 0 Å². The third kappa shape index (κ3) is 3.46. The minimum Gasteiger partial charge on any atom is -0.369 e. The van der Waals surface area contributed by atoms with Crippen molar-refractivity contribution < 1.29 is 0 Å². The normalized spacial score (nSPS) is 10.2. The molecule has 1 aromatic carbocycles. The standard InChI is InChI=1S/C12H12ClIN4/c1-2-16-11-6-15-7-12(18-11)17-10-4-3-8(14)5-9(10)13/h3-7H,2H2,1H3,(H2,16,17,18). The van der Waals surface area contributed by atoms with Crippen LogP contribution in [0, 0.1) is 3.57 Å². The number of nitrogens with zero attached hydrogens (tertiary/aromatic N) is 2. The first-order valence-corrected chi connectivity index (χ1v) is 6.92. The highest BCUT2D eigenvalue weighted by molar-refractivity contribution is 14.1. The molecule has 0 spiro atoms. The van der Waals surface area contributed by atoms with Crippen molar-refractivity contribution in [1.29, 1.82) is 0 Å². The van der Waals surface area contributed by atoms with Crippen molar-refractivity contribution in [2.24, 2.45) is 0 Å². The van der Waals surface area contributed by atoms with Crippen LogP contribution in [0.4, 0.5) is 17.3 Å². The Bertz CT molecular complexity index is 547. The molecule has 2 N–H and O–H groups in total. The lowest BCUT2D eigenvalue weighted by molar-refractivity contribution is 1.12. The molecule has 0 radical (unpaired) electrons. The van der Waals surface area contributed by atoms with Gasteiger partial charge in [0.1, 0.15) is 5.82 Å². The van der Waals surface area contributed by atoms with E-state index in [1.54, 1.807) is 12.4 Å². The van der Waals surface area contributed by atoms with E-state index < -0.39 is 0 Å². The number of anilines is 3. The van der Waals surface area contributed by atoms with E-state index in [4.69, 9.17) is 11.6 Å². The Balaban J connectivity index is 2.20. The predicted molar refractivity (Wildman–Crippen MR) is 83.6 cm³/mol. The first kappa shape index (κ1) is 13.4. The summed E-state index contributed by atoms with van der Waals surface area (Å²) in [7, 11) is 0. The van der Waals surface area contributed by atoms with Crippen molar-refractivity contribution in [1.82, 2.24) is 9.97 Å². The van der Waals surface area contributed by atoms with E-state index >= 15 is 0 Å². The van der Waals surface area contributed by atoms with Gasteiger partial charge in [-0.05, 0) is 47.7 Å². The largest absolute Gasteiger partial charge is 0.369 e. The Morgan fingerprint density at radius 2 is 2.06 bits per heavy atom. The maximum absolute atomic E-state index is 6.15. The number of nitrogens with one attached hydrogen (secondary N) is 2. The fraction of sp³-hybridized carbons (Fsp3) is 0.167. The smallest absolute Gasteiger partial charge is 0.151 e. The highest BCUT2D eigenvalue weighted by Gasteiger charge is 2.03. The number of benzene rings is 1. The van der Waals surface area contributed by atoms with Gasteiger partial charge in [0.25, 0.3) is 0 Å². The minimum atomic E-state index is 0.663. The van der Waals surface area contributed by atoms with Gasteiger partial charge in [-0.25, -0.2) is 4.98 Å². The van der Waals surface area contributed by atoms with Gasteiger partial charge in [0.05, 0.1) is 23.1 Å². The Kier molecular flexibility index (Phi) is 4.60. The quantitative estimate of drug-likeness (QED) is 0.797. The zero-order valence-corrected chi connectivity index (χ0v) is 12.7. The minimum absolute atomic E-state index is 0.663. The average molecular weight is 375 g/mol. The maximum Gasteiger partial charge on any atom is 0.151 e. The SMILES string of the molecule is CCNc1cncc(Nc2ccc(I)cc2Cl)n1. The summed E-state index contributed by atoms with van der Waals surface area (Å²) >= 11 is 8.37. The van der Waals surface area contributed by atoms with Crippen LogP contribution in [0.25, 0.3) is 0 Å². The molecule has 0 atom stereocenters. The predicted octanol–water partition coefficient (Wildman–Crippen LogP) is 3.91. The van der Waals surface area contributed by atoms with E-state index in [1.807, 2.05) is 25.1 Å². The summed E-state index contributed by atoms with van der Waals surface area (Å²) in [6, 6.07) is 5.80. The van der Waals surface area contributed by atoms with Crippen molar-refractivity contribution in [3.63, 3.8) is 0 Å². The van der Waals surface area contributed by atoms with Crippen LogP contribution in [0.15, 0.2) is 30.6 Å². The molecule has 0 saturated heterocycles. The van der Waals surface area contributed by atoms with E-state index in [0.29, 0.717) is 10.8 Å². The second kappa shape index (κ2) is 6.19. The average Bonchev–Trinajstić information content (AvgIpc) is 2.34. The molecule has 1 aromatic heterocycles. The lowest BCUT2D eigenvalue weighted by Gasteiger charge is -2.09. The molecule has 0 fully saturated rings. The fourth-order valence-electron chi connectivity index (χ4n) is 1.42. The van der Waals surface area contributed by atoms with Crippen LogP contribution in [-0.4, -0.2) is 16.5 Å². The van der Waals surface area contributed by atoms with E-state index in [-0.39, 0.29) is 0 Å². The Labute approximate surface area is 124 Å². The first-order chi connectivity index (χ1) is 8.69. The van der Waals surface area contributed by atoms with Crippen molar-refractivity contribution >= 4 is 51.5 Å². The molecule has 0 unspecified atom stereocenters. The molecule has 0 saturated carbocycles. The number of aromatic nitrogens is 2. The highest BCUT2D eigenvalue weighted by Crippen LogP contribution is 2.26. The molecular formula is C12H12ClIN4. The van der Waals surface area contributed by atoms with Crippen molar-refractivity contribution in [3.8, 4) is 0 Å². The summed E-state index contributed by atoms with van der Waals surface area (Å²) in [5.74, 6) is 1.40. The van der Waals surface area contributed by atoms with Crippen LogP contribution in [0.2, 0.25) is 5.02 Å². The maximum atomic E-state index is 6.15. The Morgan fingerprint density at radius 1 is 1.28 bits per heavy atom. The van der Waals surface area contributed by atoms with Gasteiger partial charge in [0, 0.05) is 10.1 Å². The van der Waals surface area contributed by atoms with E-state index in [0.717, 1.165) is 21.6 Å². The van der Waals surface area contributed by atoms with Gasteiger partial charge in [-0.2, -0.15) is 0 Å². The van der Waals surface area contributed by atoms with Gasteiger partial charge in [-0.15, -0.1) is 0 Å². The molecule has 18 heavy (non-hydrogen) atoms. The second-order valence-corrected chi connectivity index (χ2v) is 5.22. The van der Waals surface area contributed by atoms with E-state index in [9.17, 15) is 0 Å². The number of rotatable bonds is 4. The van der Waals surface area contributed by atoms with Crippen LogP contribution in [0.1, 0.15) is 6.92 Å². The summed E-state index contributed by atoms with van der Waals surface area (Å²) in [4.78, 5) is 8.49. The molecule has 1 heterocycles. The molecule has 0 aliphatic carbocycles. The second-order valence-electron chi connectivity index (χ2n) is 3.57. The molecule has 0 aliphatic rings. The fourth-order valence-corrected chi connectivity index (χ4v) is 2.32. The first-order valence-electron chi connectivity index (χ1n) is 5.47. The molecule has 0 amide bonds. The molecule has 94 valence electrons. The van der Waals surface area contributed by atoms with E-state index in [1.165, 1.54) is 0 Å². The molecular weight excluding hydrogens is 363 g/mol. The van der Waals surface area contributed by atoms with Crippen molar-refractivity contribution in [2.45, 2.75) is 6.92 Å². The van der Waals surface area contributed by atoms with Gasteiger partial charge >= 0.3 is 0 Å². The molecule has 4 nitrogen and oxygen atoms in total. The molecule has 0 aliphatic heterocycles. The molecule has 0 bridgehead atoms. The van der Waals surface area contributed by atoms with Crippen LogP contribution in [0.3, 0.4) is 0 Å². The molecule has 6 heteroatoms. The van der Waals surface area contributed by atoms with Crippen LogP contribution in [-0.2, 0) is 0 Å². The zero-order valence-electron chi connectivity index (χ0n) is 9.74. The lowest BCUT2D eigenvalue weighted by Crippen LogP contribution is -2.02. The zero-order chi connectivity index (χ0) is 13.0. The summed E-state index contributed by atoms with van der Waals surface area (Å²) in [6.07, 6.45) is 3.35. The van der Waals surface area contributed by atoms with E-state index in [2.05, 4.69) is 43.2 Å². The topological polar surface area (TPSA) is 49.8 Å². The summed E-state index contributed by atoms with van der Waals surface area (Å²) in [5, 5.41) is 6.92. The highest BCUT2D eigenvalue weighted by atomic mass is 127. The molecule has 2 rings (SSSR count). The number of halogens is 2. The summed E-state index contributed by atoms with van der Waals surface area (Å²) < 4.78 is 1.09. The third-order valence-electron chi connectivity index (χ3n) is 2.19. The van der Waals surface area contributed by atoms with Crippen molar-refractivity contribution in [3.05, 3.63) is 39.2 Å².